The Bertz CT molecular complexity index is 572. The smallest absolute Gasteiger partial charge is 0.408 e. The molecule has 0 spiro atoms. The van der Waals surface area contributed by atoms with Gasteiger partial charge in [0.1, 0.15) is 0 Å². The Balaban J connectivity index is 2.16. The van der Waals surface area contributed by atoms with E-state index in [9.17, 15) is 18.7 Å². The van der Waals surface area contributed by atoms with Crippen molar-refractivity contribution in [3.05, 3.63) is 35.4 Å². The van der Waals surface area contributed by atoms with Gasteiger partial charge in [0.25, 0.3) is 0 Å². The average molecular weight is 326 g/mol. The fourth-order valence-electron chi connectivity index (χ4n) is 3.33. The summed E-state index contributed by atoms with van der Waals surface area (Å²) in [5.41, 5.74) is -0.155. The zero-order chi connectivity index (χ0) is 17.2. The summed E-state index contributed by atoms with van der Waals surface area (Å²) < 4.78 is 27.4. The van der Waals surface area contributed by atoms with Gasteiger partial charge in [-0.25, -0.2) is 13.6 Å². The van der Waals surface area contributed by atoms with Gasteiger partial charge < -0.3 is 10.4 Å². The summed E-state index contributed by atoms with van der Waals surface area (Å²) in [4.78, 5) is 13.0. The first-order valence-electron chi connectivity index (χ1n) is 7.88. The van der Waals surface area contributed by atoms with Crippen LogP contribution in [0.1, 0.15) is 45.1 Å². The fourth-order valence-corrected chi connectivity index (χ4v) is 3.33. The normalized spacial score (nSPS) is 22.5. The van der Waals surface area contributed by atoms with Crippen LogP contribution in [0.4, 0.5) is 13.6 Å². The molecule has 0 aliphatic carbocycles. The molecule has 1 aliphatic heterocycles. The van der Waals surface area contributed by atoms with Crippen LogP contribution in [0.5, 0.6) is 0 Å². The Morgan fingerprint density at radius 3 is 2.57 bits per heavy atom. The molecule has 4 nitrogen and oxygen atoms in total. The molecule has 1 fully saturated rings. The van der Waals surface area contributed by atoms with Gasteiger partial charge in [-0.2, -0.15) is 0 Å². The Morgan fingerprint density at radius 2 is 1.96 bits per heavy atom. The molecule has 1 amide bonds. The maximum absolute atomic E-state index is 14.0. The minimum Gasteiger partial charge on any atom is -0.465 e. The lowest BCUT2D eigenvalue weighted by atomic mass is 9.92. The second-order valence-electron chi connectivity index (χ2n) is 7.05. The van der Waals surface area contributed by atoms with Crippen LogP contribution in [0.2, 0.25) is 0 Å². The molecule has 0 radical (unpaired) electrons. The molecule has 1 aromatic rings. The second-order valence-corrected chi connectivity index (χ2v) is 7.05. The van der Waals surface area contributed by atoms with Crippen LogP contribution in [-0.2, 0) is 0 Å². The molecule has 0 unspecified atom stereocenters. The van der Waals surface area contributed by atoms with E-state index < -0.39 is 23.3 Å². The van der Waals surface area contributed by atoms with Crippen molar-refractivity contribution in [1.82, 2.24) is 10.2 Å². The molecular weight excluding hydrogens is 302 g/mol. The Labute approximate surface area is 135 Å². The number of hydrogen-bond acceptors (Lipinski definition) is 2. The lowest BCUT2D eigenvalue weighted by Gasteiger charge is -2.39. The molecule has 2 rings (SSSR count). The second kappa shape index (κ2) is 6.83. The van der Waals surface area contributed by atoms with Crippen molar-refractivity contribution in [3.63, 3.8) is 0 Å². The van der Waals surface area contributed by atoms with Crippen LogP contribution in [0.15, 0.2) is 18.2 Å². The van der Waals surface area contributed by atoms with Crippen molar-refractivity contribution in [2.24, 2.45) is 0 Å². The summed E-state index contributed by atoms with van der Waals surface area (Å²) in [6, 6.07) is 4.03. The van der Waals surface area contributed by atoms with Gasteiger partial charge in [-0.15, -0.1) is 0 Å². The highest BCUT2D eigenvalue weighted by Crippen LogP contribution is 2.30. The third kappa shape index (κ3) is 3.99. The van der Waals surface area contributed by atoms with Gasteiger partial charge in [-0.05, 0) is 51.2 Å². The predicted molar refractivity (Wildman–Crippen MR) is 84.6 cm³/mol. The van der Waals surface area contributed by atoms with Gasteiger partial charge >= 0.3 is 6.09 Å². The number of halogens is 2. The molecule has 128 valence electrons. The Morgan fingerprint density at radius 1 is 1.26 bits per heavy atom. The van der Waals surface area contributed by atoms with Gasteiger partial charge in [0, 0.05) is 24.7 Å². The summed E-state index contributed by atoms with van der Waals surface area (Å²) >= 11 is 0. The van der Waals surface area contributed by atoms with Crippen LogP contribution in [0.25, 0.3) is 0 Å². The largest absolute Gasteiger partial charge is 0.465 e. The molecule has 1 heterocycles. The minimum atomic E-state index is -0.959. The standard InChI is InChI=1S/C17H24F2N2O2/c1-17(2,3)21(16(22)23)12-8-7-11(9-20-10-12)13-5-4-6-14(18)15(13)19/h4-6,11-12,20H,7-10H2,1-3H3,(H,22,23)/t11-,12-/m1/s1. The first-order valence-corrected chi connectivity index (χ1v) is 7.88. The molecule has 6 heteroatoms. The SMILES string of the molecule is CC(C)(C)N(C(=O)O)[C@@H]1CC[C@@H](c2cccc(F)c2F)CNC1. The van der Waals surface area contributed by atoms with Gasteiger partial charge in [0.2, 0.25) is 0 Å². The number of hydrogen-bond donors (Lipinski definition) is 2. The summed E-state index contributed by atoms with van der Waals surface area (Å²) in [6.45, 7) is 6.59. The van der Waals surface area contributed by atoms with Crippen LogP contribution >= 0.6 is 0 Å². The number of benzene rings is 1. The molecule has 0 aromatic heterocycles. The Kier molecular flexibility index (Phi) is 5.24. The molecule has 23 heavy (non-hydrogen) atoms. The van der Waals surface area contributed by atoms with Gasteiger partial charge in [-0.3, -0.25) is 4.90 Å². The van der Waals surface area contributed by atoms with Crippen LogP contribution < -0.4 is 5.32 Å². The Hall–Kier alpha value is -1.69. The van der Waals surface area contributed by atoms with E-state index >= 15 is 0 Å². The highest BCUT2D eigenvalue weighted by Gasteiger charge is 2.35. The predicted octanol–water partition coefficient (Wildman–Crippen LogP) is 3.58. The monoisotopic (exact) mass is 326 g/mol. The zero-order valence-electron chi connectivity index (χ0n) is 13.8. The van der Waals surface area contributed by atoms with E-state index in [1.807, 2.05) is 20.8 Å². The summed E-state index contributed by atoms with van der Waals surface area (Å²) in [6.07, 6.45) is 0.259. The number of carboxylic acid groups (broad SMARTS) is 1. The third-order valence-corrected chi connectivity index (χ3v) is 4.33. The van der Waals surface area contributed by atoms with E-state index in [4.69, 9.17) is 0 Å². The molecule has 0 saturated carbocycles. The molecule has 1 saturated heterocycles. The van der Waals surface area contributed by atoms with Gasteiger partial charge in [0.15, 0.2) is 11.6 Å². The van der Waals surface area contributed by atoms with E-state index in [0.29, 0.717) is 31.5 Å². The highest BCUT2D eigenvalue weighted by atomic mass is 19.2. The molecule has 1 aromatic carbocycles. The molecular formula is C17H24F2N2O2. The number of nitrogens with zero attached hydrogens (tertiary/aromatic N) is 1. The molecule has 0 bridgehead atoms. The van der Waals surface area contributed by atoms with E-state index in [1.54, 1.807) is 6.07 Å². The van der Waals surface area contributed by atoms with Crippen LogP contribution in [0.3, 0.4) is 0 Å². The average Bonchev–Trinajstić information content (AvgIpc) is 2.66. The first-order chi connectivity index (χ1) is 10.7. The molecule has 1 aliphatic rings. The van der Waals surface area contributed by atoms with Crippen molar-refractivity contribution in [1.29, 1.82) is 0 Å². The minimum absolute atomic E-state index is 0.161. The summed E-state index contributed by atoms with van der Waals surface area (Å²) in [5, 5.41) is 12.7. The van der Waals surface area contributed by atoms with Crippen LogP contribution in [0, 0.1) is 11.6 Å². The van der Waals surface area contributed by atoms with Crippen molar-refractivity contribution in [2.45, 2.75) is 51.1 Å². The number of rotatable bonds is 2. The summed E-state index contributed by atoms with van der Waals surface area (Å²) in [5.74, 6) is -1.81. The number of nitrogens with one attached hydrogen (secondary N) is 1. The number of carbonyl (C=O) groups is 1. The highest BCUT2D eigenvalue weighted by molar-refractivity contribution is 5.66. The summed E-state index contributed by atoms with van der Waals surface area (Å²) in [7, 11) is 0. The topological polar surface area (TPSA) is 52.6 Å². The van der Waals surface area contributed by atoms with E-state index in [0.717, 1.165) is 6.07 Å². The van der Waals surface area contributed by atoms with E-state index in [2.05, 4.69) is 5.32 Å². The first kappa shape index (κ1) is 17.7. The number of amides is 1. The maximum Gasteiger partial charge on any atom is 0.408 e. The van der Waals surface area contributed by atoms with Crippen molar-refractivity contribution in [3.8, 4) is 0 Å². The van der Waals surface area contributed by atoms with Crippen molar-refractivity contribution in [2.75, 3.05) is 13.1 Å². The molecule has 2 atom stereocenters. The zero-order valence-corrected chi connectivity index (χ0v) is 13.8. The van der Waals surface area contributed by atoms with Crippen molar-refractivity contribution >= 4 is 6.09 Å². The fraction of sp³-hybridized carbons (Fsp3) is 0.588. The maximum atomic E-state index is 14.0. The van der Waals surface area contributed by atoms with Gasteiger partial charge in [0.05, 0.1) is 0 Å². The third-order valence-electron chi connectivity index (χ3n) is 4.33. The van der Waals surface area contributed by atoms with Crippen LogP contribution in [-0.4, -0.2) is 40.8 Å². The molecule has 2 N–H and O–H groups in total. The lowest BCUT2D eigenvalue weighted by Crippen LogP contribution is -2.53. The van der Waals surface area contributed by atoms with Gasteiger partial charge in [-0.1, -0.05) is 12.1 Å². The van der Waals surface area contributed by atoms with Crippen molar-refractivity contribution < 1.29 is 18.7 Å². The quantitative estimate of drug-likeness (QED) is 0.873. The van der Waals surface area contributed by atoms with E-state index in [-0.39, 0.29) is 12.0 Å². The lowest BCUT2D eigenvalue weighted by molar-refractivity contribution is 0.0683. The van der Waals surface area contributed by atoms with E-state index in [1.165, 1.54) is 11.0 Å².